The van der Waals surface area contributed by atoms with E-state index < -0.39 is 0 Å². The van der Waals surface area contributed by atoms with Crippen molar-refractivity contribution in [1.82, 2.24) is 4.98 Å². The SMILES string of the molecule is N#Cc1c(N)nc2c(c1N)C(c1ccccc1)CO2. The van der Waals surface area contributed by atoms with E-state index in [1.165, 1.54) is 0 Å². The first-order valence-electron chi connectivity index (χ1n) is 5.89. The average molecular weight is 252 g/mol. The number of fused-ring (bicyclic) bond motifs is 1. The number of nitrogen functional groups attached to an aromatic ring is 2. The molecule has 0 fully saturated rings. The molecule has 5 heteroatoms. The van der Waals surface area contributed by atoms with Crippen LogP contribution in [0.25, 0.3) is 0 Å². The van der Waals surface area contributed by atoms with E-state index in [4.69, 9.17) is 21.5 Å². The summed E-state index contributed by atoms with van der Waals surface area (Å²) in [5, 5.41) is 9.10. The van der Waals surface area contributed by atoms with E-state index in [1.54, 1.807) is 0 Å². The Morgan fingerprint density at radius 3 is 2.68 bits per heavy atom. The number of benzene rings is 1. The highest BCUT2D eigenvalue weighted by atomic mass is 16.5. The van der Waals surface area contributed by atoms with Gasteiger partial charge in [-0.25, -0.2) is 0 Å². The predicted octanol–water partition coefficient (Wildman–Crippen LogP) is 1.64. The van der Waals surface area contributed by atoms with Gasteiger partial charge >= 0.3 is 0 Å². The second kappa shape index (κ2) is 4.18. The van der Waals surface area contributed by atoms with Crippen molar-refractivity contribution in [1.29, 1.82) is 5.26 Å². The van der Waals surface area contributed by atoms with Gasteiger partial charge in [0.05, 0.1) is 11.6 Å². The number of aromatic nitrogens is 1. The van der Waals surface area contributed by atoms with Gasteiger partial charge in [0.25, 0.3) is 0 Å². The van der Waals surface area contributed by atoms with E-state index in [0.29, 0.717) is 18.2 Å². The molecule has 1 aliphatic heterocycles. The van der Waals surface area contributed by atoms with Crippen molar-refractivity contribution < 1.29 is 4.74 Å². The van der Waals surface area contributed by atoms with Crippen LogP contribution < -0.4 is 16.2 Å². The second-order valence-corrected chi connectivity index (χ2v) is 4.39. The van der Waals surface area contributed by atoms with Crippen LogP contribution in [0.5, 0.6) is 5.88 Å². The Morgan fingerprint density at radius 2 is 2.00 bits per heavy atom. The van der Waals surface area contributed by atoms with Crippen LogP contribution in [0.1, 0.15) is 22.6 Å². The van der Waals surface area contributed by atoms with Crippen molar-refractivity contribution >= 4 is 11.5 Å². The van der Waals surface area contributed by atoms with Crippen LogP contribution in [0.15, 0.2) is 30.3 Å². The highest BCUT2D eigenvalue weighted by Gasteiger charge is 2.31. The zero-order chi connectivity index (χ0) is 13.4. The molecule has 0 spiro atoms. The van der Waals surface area contributed by atoms with E-state index in [1.807, 2.05) is 36.4 Å². The van der Waals surface area contributed by atoms with Crippen molar-refractivity contribution in [3.05, 3.63) is 47.0 Å². The van der Waals surface area contributed by atoms with Crippen molar-refractivity contribution in [2.45, 2.75) is 5.92 Å². The summed E-state index contributed by atoms with van der Waals surface area (Å²) in [6, 6.07) is 11.9. The van der Waals surface area contributed by atoms with E-state index in [9.17, 15) is 0 Å². The van der Waals surface area contributed by atoms with Crippen molar-refractivity contribution in [2.24, 2.45) is 0 Å². The van der Waals surface area contributed by atoms with Gasteiger partial charge in [0.15, 0.2) is 0 Å². The average Bonchev–Trinajstić information content (AvgIpc) is 2.84. The highest BCUT2D eigenvalue weighted by Crippen LogP contribution is 2.42. The summed E-state index contributed by atoms with van der Waals surface area (Å²) in [6.07, 6.45) is 0. The first kappa shape index (κ1) is 11.4. The molecule has 0 saturated heterocycles. The lowest BCUT2D eigenvalue weighted by Gasteiger charge is -2.12. The van der Waals surface area contributed by atoms with Crippen molar-refractivity contribution in [3.63, 3.8) is 0 Å². The molecule has 94 valence electrons. The largest absolute Gasteiger partial charge is 0.476 e. The molecule has 0 amide bonds. The third-order valence-corrected chi connectivity index (χ3v) is 3.32. The summed E-state index contributed by atoms with van der Waals surface area (Å²) in [4.78, 5) is 4.11. The fourth-order valence-electron chi connectivity index (χ4n) is 2.37. The molecule has 0 aliphatic carbocycles. The topological polar surface area (TPSA) is 98.0 Å². The van der Waals surface area contributed by atoms with Gasteiger partial charge < -0.3 is 16.2 Å². The van der Waals surface area contributed by atoms with Gasteiger partial charge in [0.2, 0.25) is 5.88 Å². The molecule has 1 unspecified atom stereocenters. The number of nitriles is 1. The number of anilines is 2. The lowest BCUT2D eigenvalue weighted by Crippen LogP contribution is -2.07. The van der Waals surface area contributed by atoms with E-state index in [2.05, 4.69) is 4.98 Å². The first-order chi connectivity index (χ1) is 9.22. The number of nitrogens with two attached hydrogens (primary N) is 2. The number of hydrogen-bond acceptors (Lipinski definition) is 5. The number of hydrogen-bond donors (Lipinski definition) is 2. The number of pyridine rings is 1. The molecule has 19 heavy (non-hydrogen) atoms. The van der Waals surface area contributed by atoms with E-state index >= 15 is 0 Å². The molecule has 0 radical (unpaired) electrons. The first-order valence-corrected chi connectivity index (χ1v) is 5.89. The Hall–Kier alpha value is -2.74. The molecule has 5 nitrogen and oxygen atoms in total. The van der Waals surface area contributed by atoms with Crippen molar-refractivity contribution in [2.75, 3.05) is 18.1 Å². The fourth-order valence-corrected chi connectivity index (χ4v) is 2.37. The van der Waals surface area contributed by atoms with Gasteiger partial charge in [-0.15, -0.1) is 0 Å². The zero-order valence-electron chi connectivity index (χ0n) is 10.1. The summed E-state index contributed by atoms with van der Waals surface area (Å²) < 4.78 is 5.55. The summed E-state index contributed by atoms with van der Waals surface area (Å²) in [7, 11) is 0. The highest BCUT2D eigenvalue weighted by molar-refractivity contribution is 5.72. The van der Waals surface area contributed by atoms with Crippen LogP contribution >= 0.6 is 0 Å². The summed E-state index contributed by atoms with van der Waals surface area (Å²) in [5.41, 5.74) is 14.2. The Balaban J connectivity index is 2.18. The van der Waals surface area contributed by atoms with Gasteiger partial charge in [-0.3, -0.25) is 0 Å². The number of ether oxygens (including phenoxy) is 1. The molecule has 2 aromatic rings. The van der Waals surface area contributed by atoms with Crippen LogP contribution in [0.4, 0.5) is 11.5 Å². The quantitative estimate of drug-likeness (QED) is 0.804. The Kier molecular flexibility index (Phi) is 2.50. The summed E-state index contributed by atoms with van der Waals surface area (Å²) in [5.74, 6) is 0.548. The van der Waals surface area contributed by atoms with Crippen LogP contribution in [0.3, 0.4) is 0 Å². The lowest BCUT2D eigenvalue weighted by atomic mass is 9.92. The number of rotatable bonds is 1. The van der Waals surface area contributed by atoms with Gasteiger partial charge in [0.1, 0.15) is 24.1 Å². The Morgan fingerprint density at radius 1 is 1.26 bits per heavy atom. The monoisotopic (exact) mass is 252 g/mol. The van der Waals surface area contributed by atoms with Crippen molar-refractivity contribution in [3.8, 4) is 11.9 Å². The van der Waals surface area contributed by atoms with Crippen LogP contribution in [0, 0.1) is 11.3 Å². The molecule has 0 bridgehead atoms. The number of nitrogens with zero attached hydrogens (tertiary/aromatic N) is 2. The molecule has 2 heterocycles. The second-order valence-electron chi connectivity index (χ2n) is 4.39. The maximum Gasteiger partial charge on any atom is 0.221 e. The molecule has 1 aromatic carbocycles. The van der Waals surface area contributed by atoms with E-state index in [-0.39, 0.29) is 17.3 Å². The minimum atomic E-state index is -0.00333. The molecule has 1 atom stereocenters. The lowest BCUT2D eigenvalue weighted by molar-refractivity contribution is 0.332. The molecule has 1 aliphatic rings. The smallest absolute Gasteiger partial charge is 0.221 e. The Bertz CT molecular complexity index is 676. The third kappa shape index (κ3) is 1.66. The van der Waals surface area contributed by atoms with Gasteiger partial charge in [0, 0.05) is 5.56 Å². The van der Waals surface area contributed by atoms with Gasteiger partial charge in [-0.05, 0) is 5.56 Å². The third-order valence-electron chi connectivity index (χ3n) is 3.32. The Labute approximate surface area is 110 Å². The maximum atomic E-state index is 9.10. The zero-order valence-corrected chi connectivity index (χ0v) is 10.1. The molecule has 4 N–H and O–H groups in total. The minimum Gasteiger partial charge on any atom is -0.476 e. The fraction of sp³-hybridized carbons (Fsp3) is 0.143. The summed E-state index contributed by atoms with van der Waals surface area (Å²) >= 11 is 0. The van der Waals surface area contributed by atoms with Crippen LogP contribution in [-0.2, 0) is 0 Å². The minimum absolute atomic E-state index is 0.00333. The predicted molar refractivity (Wildman–Crippen MR) is 71.6 cm³/mol. The molecule has 3 rings (SSSR count). The molecular weight excluding hydrogens is 240 g/mol. The molecule has 1 aromatic heterocycles. The van der Waals surface area contributed by atoms with Crippen LogP contribution in [-0.4, -0.2) is 11.6 Å². The molecule has 0 saturated carbocycles. The van der Waals surface area contributed by atoms with E-state index in [0.717, 1.165) is 11.1 Å². The maximum absolute atomic E-state index is 9.10. The van der Waals surface area contributed by atoms with Crippen LogP contribution in [0.2, 0.25) is 0 Å². The molecular formula is C14H12N4O. The van der Waals surface area contributed by atoms with Gasteiger partial charge in [-0.1, -0.05) is 30.3 Å². The standard InChI is InChI=1S/C14H12N4O/c15-6-9-12(16)11-10(8-4-2-1-3-5-8)7-19-14(11)18-13(9)17/h1-5,10H,7H2,(H4,16,17,18). The summed E-state index contributed by atoms with van der Waals surface area (Å²) in [6.45, 7) is 0.463. The van der Waals surface area contributed by atoms with Gasteiger partial charge in [-0.2, -0.15) is 10.2 Å². The normalized spacial score (nSPS) is 16.5.